The molecule has 24 heavy (non-hydrogen) atoms. The fourth-order valence-corrected chi connectivity index (χ4v) is 3.04. The number of carbonyl (C=O) groups excluding carboxylic acids is 2. The molecule has 5 nitrogen and oxygen atoms in total. The number of hydrogen-bond donors (Lipinski definition) is 1. The SMILES string of the molecule is COc1ccc(C)cc1C(=O)N(C(C)=O)c1cccc2c1NCC2. The van der Waals surface area contributed by atoms with E-state index in [0.717, 1.165) is 29.8 Å². The van der Waals surface area contributed by atoms with Crippen LogP contribution in [0.5, 0.6) is 5.75 Å². The Balaban J connectivity index is 2.11. The summed E-state index contributed by atoms with van der Waals surface area (Å²) in [5, 5.41) is 3.27. The maximum atomic E-state index is 13.1. The van der Waals surface area contributed by atoms with Crippen LogP contribution in [0.25, 0.3) is 0 Å². The van der Waals surface area contributed by atoms with Gasteiger partial charge in [0.25, 0.3) is 5.91 Å². The van der Waals surface area contributed by atoms with Crippen LogP contribution in [0.3, 0.4) is 0 Å². The van der Waals surface area contributed by atoms with E-state index in [0.29, 0.717) is 17.0 Å². The van der Waals surface area contributed by atoms with E-state index in [1.54, 1.807) is 18.2 Å². The number of carbonyl (C=O) groups is 2. The van der Waals surface area contributed by atoms with Crippen molar-refractivity contribution in [2.75, 3.05) is 23.9 Å². The Morgan fingerprint density at radius 2 is 2.00 bits per heavy atom. The van der Waals surface area contributed by atoms with Crippen molar-refractivity contribution in [3.05, 3.63) is 53.1 Å². The molecule has 0 bridgehead atoms. The van der Waals surface area contributed by atoms with Gasteiger partial charge in [-0.3, -0.25) is 9.59 Å². The van der Waals surface area contributed by atoms with Gasteiger partial charge in [-0.2, -0.15) is 0 Å². The smallest absolute Gasteiger partial charge is 0.268 e. The third-order valence-corrected chi connectivity index (χ3v) is 4.17. The summed E-state index contributed by atoms with van der Waals surface area (Å²) in [6, 6.07) is 11.0. The molecule has 3 rings (SSSR count). The zero-order valence-corrected chi connectivity index (χ0v) is 14.1. The molecule has 1 N–H and O–H groups in total. The van der Waals surface area contributed by atoms with Crippen molar-refractivity contribution in [1.82, 2.24) is 0 Å². The lowest BCUT2D eigenvalue weighted by Gasteiger charge is -2.23. The molecule has 1 aliphatic heterocycles. The fraction of sp³-hybridized carbons (Fsp3) is 0.263. The number of methoxy groups -OCH3 is 1. The average Bonchev–Trinajstić information content (AvgIpc) is 3.04. The van der Waals surface area contributed by atoms with E-state index in [2.05, 4.69) is 5.32 Å². The number of nitrogens with zero attached hydrogens (tertiary/aromatic N) is 1. The summed E-state index contributed by atoms with van der Waals surface area (Å²) in [6.45, 7) is 4.10. The molecule has 2 amide bonds. The highest BCUT2D eigenvalue weighted by molar-refractivity contribution is 6.22. The van der Waals surface area contributed by atoms with Gasteiger partial charge in [0.1, 0.15) is 5.75 Å². The molecular weight excluding hydrogens is 304 g/mol. The largest absolute Gasteiger partial charge is 0.496 e. The van der Waals surface area contributed by atoms with Gasteiger partial charge in [0.05, 0.1) is 24.0 Å². The lowest BCUT2D eigenvalue weighted by atomic mass is 10.1. The molecule has 0 aromatic heterocycles. The predicted molar refractivity (Wildman–Crippen MR) is 93.9 cm³/mol. The Labute approximate surface area is 141 Å². The van der Waals surface area contributed by atoms with Crippen molar-refractivity contribution in [3.8, 4) is 5.75 Å². The van der Waals surface area contributed by atoms with E-state index in [1.165, 1.54) is 18.9 Å². The average molecular weight is 324 g/mol. The third-order valence-electron chi connectivity index (χ3n) is 4.17. The van der Waals surface area contributed by atoms with Gasteiger partial charge < -0.3 is 10.1 Å². The zero-order valence-electron chi connectivity index (χ0n) is 14.1. The number of rotatable bonds is 3. The van der Waals surface area contributed by atoms with Crippen molar-refractivity contribution in [2.45, 2.75) is 20.3 Å². The molecule has 5 heteroatoms. The number of ether oxygens (including phenoxy) is 1. The minimum atomic E-state index is -0.384. The molecule has 2 aromatic carbocycles. The second-order valence-corrected chi connectivity index (χ2v) is 5.85. The van der Waals surface area contributed by atoms with E-state index in [1.807, 2.05) is 25.1 Å². The molecule has 0 atom stereocenters. The first kappa shape index (κ1) is 16.1. The van der Waals surface area contributed by atoms with Gasteiger partial charge in [-0.25, -0.2) is 4.90 Å². The normalized spacial score (nSPS) is 12.3. The van der Waals surface area contributed by atoms with Gasteiger partial charge in [0.2, 0.25) is 5.91 Å². The number of amides is 2. The van der Waals surface area contributed by atoms with Gasteiger partial charge in [0, 0.05) is 13.5 Å². The Morgan fingerprint density at radius 1 is 1.21 bits per heavy atom. The highest BCUT2D eigenvalue weighted by Gasteiger charge is 2.28. The van der Waals surface area contributed by atoms with E-state index in [9.17, 15) is 9.59 Å². The second-order valence-electron chi connectivity index (χ2n) is 5.85. The van der Waals surface area contributed by atoms with E-state index >= 15 is 0 Å². The maximum absolute atomic E-state index is 13.1. The maximum Gasteiger partial charge on any atom is 0.268 e. The van der Waals surface area contributed by atoms with Crippen LogP contribution in [0.4, 0.5) is 11.4 Å². The molecular formula is C19H20N2O3. The third kappa shape index (κ3) is 2.73. The summed E-state index contributed by atoms with van der Waals surface area (Å²) in [7, 11) is 1.52. The fourth-order valence-electron chi connectivity index (χ4n) is 3.04. The summed E-state index contributed by atoms with van der Waals surface area (Å²) < 4.78 is 5.31. The summed E-state index contributed by atoms with van der Waals surface area (Å²) >= 11 is 0. The first-order valence-electron chi connectivity index (χ1n) is 7.88. The van der Waals surface area contributed by atoms with Crippen LogP contribution in [-0.4, -0.2) is 25.5 Å². The molecule has 124 valence electrons. The quantitative estimate of drug-likeness (QED) is 0.942. The number of fused-ring (bicyclic) bond motifs is 1. The standard InChI is InChI=1S/C19H20N2O3/c1-12-7-8-17(24-3)15(11-12)19(23)21(13(2)22)16-6-4-5-14-9-10-20-18(14)16/h4-8,11,20H,9-10H2,1-3H3. The molecule has 0 saturated heterocycles. The Bertz CT molecular complexity index is 814. The lowest BCUT2D eigenvalue weighted by molar-refractivity contribution is -0.115. The summed E-state index contributed by atoms with van der Waals surface area (Å²) in [5.74, 6) is -0.256. The van der Waals surface area contributed by atoms with Crippen LogP contribution in [0.1, 0.15) is 28.4 Å². The molecule has 0 fully saturated rings. The number of nitrogens with one attached hydrogen (secondary N) is 1. The van der Waals surface area contributed by atoms with Crippen LogP contribution >= 0.6 is 0 Å². The lowest BCUT2D eigenvalue weighted by Crippen LogP contribution is -2.36. The Morgan fingerprint density at radius 3 is 2.71 bits per heavy atom. The number of hydrogen-bond acceptors (Lipinski definition) is 4. The number of aryl methyl sites for hydroxylation is 1. The van der Waals surface area contributed by atoms with Crippen molar-refractivity contribution in [3.63, 3.8) is 0 Å². The number of imide groups is 1. The molecule has 0 aliphatic carbocycles. The topological polar surface area (TPSA) is 58.6 Å². The molecule has 2 aromatic rings. The van der Waals surface area contributed by atoms with E-state index in [4.69, 9.17) is 4.74 Å². The zero-order chi connectivity index (χ0) is 17.3. The predicted octanol–water partition coefficient (Wildman–Crippen LogP) is 3.16. The molecule has 0 unspecified atom stereocenters. The van der Waals surface area contributed by atoms with Crippen LogP contribution in [0, 0.1) is 6.92 Å². The summed E-state index contributed by atoms with van der Waals surface area (Å²) in [5.41, 5.74) is 3.86. The first-order chi connectivity index (χ1) is 11.5. The minimum Gasteiger partial charge on any atom is -0.496 e. The van der Waals surface area contributed by atoms with Gasteiger partial charge in [-0.05, 0) is 37.1 Å². The van der Waals surface area contributed by atoms with Gasteiger partial charge in [-0.1, -0.05) is 23.8 Å². The molecule has 1 aliphatic rings. The van der Waals surface area contributed by atoms with Gasteiger partial charge in [0.15, 0.2) is 0 Å². The summed E-state index contributed by atoms with van der Waals surface area (Å²) in [4.78, 5) is 26.6. The van der Waals surface area contributed by atoms with Gasteiger partial charge >= 0.3 is 0 Å². The molecule has 0 radical (unpaired) electrons. The van der Waals surface area contributed by atoms with Crippen molar-refractivity contribution >= 4 is 23.2 Å². The highest BCUT2D eigenvalue weighted by Crippen LogP contribution is 2.35. The highest BCUT2D eigenvalue weighted by atomic mass is 16.5. The Hall–Kier alpha value is -2.82. The van der Waals surface area contributed by atoms with Crippen molar-refractivity contribution in [1.29, 1.82) is 0 Å². The monoisotopic (exact) mass is 324 g/mol. The van der Waals surface area contributed by atoms with Crippen molar-refractivity contribution < 1.29 is 14.3 Å². The summed E-state index contributed by atoms with van der Waals surface area (Å²) in [6.07, 6.45) is 0.886. The number of benzene rings is 2. The van der Waals surface area contributed by atoms with Crippen LogP contribution in [-0.2, 0) is 11.2 Å². The van der Waals surface area contributed by atoms with Gasteiger partial charge in [-0.15, -0.1) is 0 Å². The molecule has 0 saturated carbocycles. The minimum absolute atomic E-state index is 0.328. The van der Waals surface area contributed by atoms with Crippen LogP contribution < -0.4 is 15.0 Å². The Kier molecular flexibility index (Phi) is 4.25. The van der Waals surface area contributed by atoms with Crippen molar-refractivity contribution in [2.24, 2.45) is 0 Å². The molecule has 1 heterocycles. The second kappa shape index (κ2) is 6.35. The van der Waals surface area contributed by atoms with E-state index in [-0.39, 0.29) is 11.8 Å². The van der Waals surface area contributed by atoms with E-state index < -0.39 is 0 Å². The number of anilines is 2. The molecule has 0 spiro atoms. The van der Waals surface area contributed by atoms with Crippen LogP contribution in [0.2, 0.25) is 0 Å². The van der Waals surface area contributed by atoms with Crippen LogP contribution in [0.15, 0.2) is 36.4 Å². The first-order valence-corrected chi connectivity index (χ1v) is 7.88. The number of para-hydroxylation sites is 1.